The van der Waals surface area contributed by atoms with Gasteiger partial charge in [-0.15, -0.1) is 0 Å². The molecular formula is C15H22Cl2N6NiO8. The van der Waals surface area contributed by atoms with Gasteiger partial charge in [-0.25, -0.2) is 17.5 Å². The molecule has 0 aromatic carbocycles. The summed E-state index contributed by atoms with van der Waals surface area (Å²) >= 11 is 0.569. The van der Waals surface area contributed by atoms with Crippen molar-refractivity contribution in [3.8, 4) is 0 Å². The molecule has 0 saturated heterocycles. The van der Waals surface area contributed by atoms with Crippen molar-refractivity contribution in [1.82, 2.24) is 16.3 Å². The molecule has 3 aromatic heterocycles. The van der Waals surface area contributed by atoms with Crippen LogP contribution in [0.25, 0.3) is 0 Å². The maximum absolute atomic E-state index is 10.5. The van der Waals surface area contributed by atoms with Crippen LogP contribution in [0.4, 0.5) is 0 Å². The van der Waals surface area contributed by atoms with Gasteiger partial charge in [0.1, 0.15) is 0 Å². The number of carbonyl (C=O) groups excluding carboxylic acids is 3. The first-order valence-electron chi connectivity index (χ1n) is 7.40. The van der Waals surface area contributed by atoms with E-state index < -0.39 is 17.7 Å². The van der Waals surface area contributed by atoms with Crippen molar-refractivity contribution < 1.29 is 51.2 Å². The molecule has 3 rings (SSSR count). The van der Waals surface area contributed by atoms with Gasteiger partial charge < -0.3 is 24.2 Å². The van der Waals surface area contributed by atoms with Crippen molar-refractivity contribution in [2.24, 2.45) is 17.5 Å². The summed E-state index contributed by atoms with van der Waals surface area (Å²) in [6, 6.07) is 9.44. The summed E-state index contributed by atoms with van der Waals surface area (Å²) in [4.78, 5) is 31.6. The van der Waals surface area contributed by atoms with Gasteiger partial charge in [-0.3, -0.25) is 30.7 Å². The molecule has 0 bridgehead atoms. The molecule has 32 heavy (non-hydrogen) atoms. The maximum atomic E-state index is 10.5. The Kier molecular flexibility index (Phi) is 22.5. The second kappa shape index (κ2) is 21.4. The summed E-state index contributed by atoms with van der Waals surface area (Å²) in [6.07, 6.45) is 4.22. The Hall–Kier alpha value is -2.88. The van der Waals surface area contributed by atoms with Gasteiger partial charge in [0.05, 0.1) is 18.8 Å². The number of furan rings is 3. The van der Waals surface area contributed by atoms with Crippen LogP contribution in [0.15, 0.2) is 68.4 Å². The third-order valence-electron chi connectivity index (χ3n) is 2.63. The predicted octanol–water partition coefficient (Wildman–Crippen LogP) is -0.624. The van der Waals surface area contributed by atoms with Crippen molar-refractivity contribution in [3.05, 3.63) is 72.5 Å². The molecule has 0 atom stereocenters. The first-order chi connectivity index (χ1) is 14.4. The van der Waals surface area contributed by atoms with Crippen LogP contribution >= 0.6 is 20.4 Å². The van der Waals surface area contributed by atoms with E-state index in [2.05, 4.69) is 0 Å². The molecule has 0 aliphatic carbocycles. The molecule has 3 heterocycles. The fourth-order valence-corrected chi connectivity index (χ4v) is 1.44. The van der Waals surface area contributed by atoms with E-state index >= 15 is 0 Å². The molecule has 3 amide bonds. The van der Waals surface area contributed by atoms with Crippen LogP contribution in [-0.2, 0) is 12.7 Å². The van der Waals surface area contributed by atoms with Crippen molar-refractivity contribution in [2.75, 3.05) is 0 Å². The van der Waals surface area contributed by atoms with Crippen LogP contribution in [0.1, 0.15) is 31.7 Å². The molecule has 0 aliphatic heterocycles. The zero-order valence-corrected chi connectivity index (χ0v) is 18.4. The van der Waals surface area contributed by atoms with Gasteiger partial charge in [0.25, 0.3) is 0 Å². The average molecular weight is 544 g/mol. The molecule has 184 valence electrons. The van der Waals surface area contributed by atoms with Crippen LogP contribution in [0.3, 0.4) is 0 Å². The molecule has 0 fully saturated rings. The summed E-state index contributed by atoms with van der Waals surface area (Å²) < 4.78 is 14.1. The van der Waals surface area contributed by atoms with Gasteiger partial charge in [0, 0.05) is 0 Å². The van der Waals surface area contributed by atoms with Crippen molar-refractivity contribution in [1.29, 1.82) is 0 Å². The number of hydrogen-bond donors (Lipinski definition) is 6. The van der Waals surface area contributed by atoms with E-state index in [4.69, 9.17) is 51.2 Å². The fraction of sp³-hybridized carbons (Fsp3) is 0. The molecule has 3 aromatic rings. The number of nitrogens with two attached hydrogens (primary N) is 3. The number of amides is 3. The third kappa shape index (κ3) is 14.2. The Balaban J connectivity index is -0.000000360. The molecule has 13 N–H and O–H groups in total. The normalized spacial score (nSPS) is 8.28. The first-order valence-corrected chi connectivity index (χ1v) is 10.1. The SMILES string of the molecule is NNC(=O)c1ccco1.NNC(=O)c1ccco1.NNC(=O)c1ccco1.O.O.[Cl][Ni][Cl]. The fourth-order valence-electron chi connectivity index (χ4n) is 1.44. The van der Waals surface area contributed by atoms with Crippen LogP contribution in [0.5, 0.6) is 0 Å². The van der Waals surface area contributed by atoms with E-state index in [9.17, 15) is 14.4 Å². The Morgan fingerprint density at radius 1 is 0.656 bits per heavy atom. The summed E-state index contributed by atoms with van der Waals surface area (Å²) in [7, 11) is 9.40. The minimum atomic E-state index is -0.417. The molecule has 0 aliphatic rings. The predicted molar refractivity (Wildman–Crippen MR) is 110 cm³/mol. The van der Waals surface area contributed by atoms with Gasteiger partial charge in [-0.1, -0.05) is 0 Å². The Morgan fingerprint density at radius 2 is 0.875 bits per heavy atom. The van der Waals surface area contributed by atoms with Crippen LogP contribution < -0.4 is 33.8 Å². The van der Waals surface area contributed by atoms with E-state index in [1.165, 1.54) is 37.0 Å². The summed E-state index contributed by atoms with van der Waals surface area (Å²) in [5.41, 5.74) is 5.80. The Morgan fingerprint density at radius 3 is 1.00 bits per heavy atom. The Labute approximate surface area is 195 Å². The molecule has 0 radical (unpaired) electrons. The van der Waals surface area contributed by atoms with Gasteiger partial charge in [-0.05, 0) is 36.4 Å². The van der Waals surface area contributed by atoms with Crippen LogP contribution in [0, 0.1) is 0 Å². The quantitative estimate of drug-likeness (QED) is 0.106. The molecule has 14 nitrogen and oxygen atoms in total. The zero-order valence-electron chi connectivity index (χ0n) is 15.9. The van der Waals surface area contributed by atoms with E-state index in [-0.39, 0.29) is 28.2 Å². The van der Waals surface area contributed by atoms with E-state index in [0.29, 0.717) is 12.7 Å². The molecule has 17 heteroatoms. The summed E-state index contributed by atoms with van der Waals surface area (Å²) in [5.74, 6) is 13.8. The van der Waals surface area contributed by atoms with Crippen LogP contribution in [-0.4, -0.2) is 28.7 Å². The molecule has 0 spiro atoms. The summed E-state index contributed by atoms with van der Waals surface area (Å²) in [5, 5.41) is 0. The number of hydrazine groups is 3. The second-order valence-electron chi connectivity index (χ2n) is 4.40. The molecule has 0 unspecified atom stereocenters. The van der Waals surface area contributed by atoms with E-state index in [1.54, 1.807) is 18.2 Å². The monoisotopic (exact) mass is 542 g/mol. The Bertz CT molecular complexity index is 724. The van der Waals surface area contributed by atoms with Crippen LogP contribution in [0.2, 0.25) is 0 Å². The van der Waals surface area contributed by atoms with Gasteiger partial charge >= 0.3 is 50.8 Å². The zero-order chi connectivity index (χ0) is 22.8. The van der Waals surface area contributed by atoms with Gasteiger partial charge in [0.15, 0.2) is 17.3 Å². The van der Waals surface area contributed by atoms with Gasteiger partial charge in [-0.2, -0.15) is 0 Å². The first kappa shape index (κ1) is 33.8. The van der Waals surface area contributed by atoms with Crippen molar-refractivity contribution in [3.63, 3.8) is 0 Å². The van der Waals surface area contributed by atoms with E-state index in [1.807, 2.05) is 16.3 Å². The molecule has 0 saturated carbocycles. The molecular weight excluding hydrogens is 522 g/mol. The minimum absolute atomic E-state index is 0. The number of nitrogens with one attached hydrogen (secondary N) is 3. The number of halogens is 2. The summed E-state index contributed by atoms with van der Waals surface area (Å²) in [6.45, 7) is 0. The topological polar surface area (TPSA) is 268 Å². The number of hydrogen-bond acceptors (Lipinski definition) is 9. The third-order valence-corrected chi connectivity index (χ3v) is 2.63. The van der Waals surface area contributed by atoms with Crippen molar-refractivity contribution >= 4 is 38.1 Å². The van der Waals surface area contributed by atoms with Gasteiger partial charge in [0.2, 0.25) is 0 Å². The van der Waals surface area contributed by atoms with E-state index in [0.717, 1.165) is 0 Å². The number of nitrogen functional groups attached to an aromatic ring is 3. The number of rotatable bonds is 3. The standard InChI is InChI=1S/3C5H6N2O2.2ClH.Ni.2H2O/c3*6-7-5(8)4-2-1-3-9-4;;;;;/h3*1-3H,6H2,(H,7,8);2*1H;;2*1H2/q;;;;;+2;;/p-2. The average Bonchev–Trinajstić information content (AvgIpc) is 3.56. The number of carbonyl (C=O) groups is 3. The van der Waals surface area contributed by atoms with Crippen molar-refractivity contribution in [2.45, 2.75) is 0 Å². The second-order valence-corrected chi connectivity index (χ2v) is 6.03.